The van der Waals surface area contributed by atoms with Crippen LogP contribution in [0.5, 0.6) is 0 Å². The molecule has 0 spiro atoms. The maximum atomic E-state index is 13.1. The molecule has 2 aromatic rings. The van der Waals surface area contributed by atoms with E-state index < -0.39 is 23.6 Å². The highest BCUT2D eigenvalue weighted by atomic mass is 19.2. The van der Waals surface area contributed by atoms with E-state index in [0.717, 1.165) is 12.1 Å². The highest BCUT2D eigenvalue weighted by molar-refractivity contribution is 5.94. The van der Waals surface area contributed by atoms with Gasteiger partial charge in [0.05, 0.1) is 6.10 Å². The smallest absolute Gasteiger partial charge is 0.251 e. The van der Waals surface area contributed by atoms with Gasteiger partial charge in [-0.2, -0.15) is 0 Å². The van der Waals surface area contributed by atoms with Crippen molar-refractivity contribution in [1.82, 2.24) is 5.32 Å². The molecule has 0 aliphatic heterocycles. The molecule has 1 heterocycles. The van der Waals surface area contributed by atoms with E-state index in [2.05, 4.69) is 5.32 Å². The van der Waals surface area contributed by atoms with Gasteiger partial charge in [-0.05, 0) is 44.5 Å². The van der Waals surface area contributed by atoms with Gasteiger partial charge < -0.3 is 14.8 Å². The van der Waals surface area contributed by atoms with E-state index in [1.54, 1.807) is 19.9 Å². The number of amides is 1. The molecule has 0 saturated carbocycles. The van der Waals surface area contributed by atoms with E-state index in [1.165, 1.54) is 6.07 Å². The first-order valence-corrected chi connectivity index (χ1v) is 6.86. The number of carbonyl (C=O) groups excluding carboxylic acids is 1. The normalized spacial score (nSPS) is 12.2. The van der Waals surface area contributed by atoms with Crippen molar-refractivity contribution >= 4 is 5.91 Å². The van der Waals surface area contributed by atoms with E-state index in [4.69, 9.17) is 4.42 Å². The van der Waals surface area contributed by atoms with Crippen LogP contribution in [-0.4, -0.2) is 17.6 Å². The largest absolute Gasteiger partial charge is 0.466 e. The van der Waals surface area contributed by atoms with Crippen molar-refractivity contribution < 1.29 is 23.1 Å². The molecule has 6 heteroatoms. The van der Waals surface area contributed by atoms with E-state index >= 15 is 0 Å². The van der Waals surface area contributed by atoms with Gasteiger partial charge in [-0.15, -0.1) is 0 Å². The summed E-state index contributed by atoms with van der Waals surface area (Å²) in [5.74, 6) is -1.25. The number of rotatable bonds is 5. The number of furan rings is 1. The van der Waals surface area contributed by atoms with Gasteiger partial charge in [0.15, 0.2) is 11.6 Å². The molecular formula is C16H17F2NO3. The van der Waals surface area contributed by atoms with E-state index in [1.807, 2.05) is 0 Å². The molecule has 2 rings (SSSR count). The van der Waals surface area contributed by atoms with E-state index in [0.29, 0.717) is 17.1 Å². The minimum absolute atomic E-state index is 0.0312. The quantitative estimate of drug-likeness (QED) is 0.892. The van der Waals surface area contributed by atoms with Crippen molar-refractivity contribution in [3.63, 3.8) is 0 Å². The van der Waals surface area contributed by atoms with Gasteiger partial charge in [-0.1, -0.05) is 0 Å². The van der Waals surface area contributed by atoms with Gasteiger partial charge in [-0.3, -0.25) is 4.79 Å². The Morgan fingerprint density at radius 3 is 2.59 bits per heavy atom. The molecule has 0 unspecified atom stereocenters. The SMILES string of the molecule is Cc1cc([C@@H](O)CCNC(=O)c2ccc(F)c(F)c2)c(C)o1. The first-order valence-electron chi connectivity index (χ1n) is 6.86. The summed E-state index contributed by atoms with van der Waals surface area (Å²) < 4.78 is 31.2. The average Bonchev–Trinajstić information content (AvgIpc) is 2.80. The van der Waals surface area contributed by atoms with Gasteiger partial charge >= 0.3 is 0 Å². The Balaban J connectivity index is 1.89. The third kappa shape index (κ3) is 3.71. The number of nitrogens with one attached hydrogen (secondary N) is 1. The van der Waals surface area contributed by atoms with E-state index in [-0.39, 0.29) is 18.5 Å². The summed E-state index contributed by atoms with van der Waals surface area (Å²) >= 11 is 0. The van der Waals surface area contributed by atoms with Crippen LogP contribution < -0.4 is 5.32 Å². The van der Waals surface area contributed by atoms with Crippen molar-refractivity contribution in [3.05, 3.63) is 58.5 Å². The maximum absolute atomic E-state index is 13.1. The molecular weight excluding hydrogens is 292 g/mol. The fourth-order valence-corrected chi connectivity index (χ4v) is 2.20. The topological polar surface area (TPSA) is 62.5 Å². The summed E-state index contributed by atoms with van der Waals surface area (Å²) in [6.07, 6.45) is -0.474. The molecule has 1 aromatic heterocycles. The Morgan fingerprint density at radius 2 is 2.00 bits per heavy atom. The number of aryl methyl sites for hydroxylation is 2. The molecule has 2 N–H and O–H groups in total. The van der Waals surface area contributed by atoms with Crippen LogP contribution in [0.15, 0.2) is 28.7 Å². The maximum Gasteiger partial charge on any atom is 0.251 e. The van der Waals surface area contributed by atoms with E-state index in [9.17, 15) is 18.7 Å². The fraction of sp³-hybridized carbons (Fsp3) is 0.312. The minimum atomic E-state index is -1.07. The third-order valence-corrected chi connectivity index (χ3v) is 3.32. The van der Waals surface area contributed by atoms with Crippen LogP contribution in [0.25, 0.3) is 0 Å². The lowest BCUT2D eigenvalue weighted by atomic mass is 10.1. The zero-order valence-corrected chi connectivity index (χ0v) is 12.3. The molecule has 22 heavy (non-hydrogen) atoms. The zero-order valence-electron chi connectivity index (χ0n) is 12.3. The number of benzene rings is 1. The van der Waals surface area contributed by atoms with Crippen molar-refractivity contribution in [2.75, 3.05) is 6.54 Å². The summed E-state index contributed by atoms with van der Waals surface area (Å²) in [5.41, 5.74) is 0.711. The van der Waals surface area contributed by atoms with Crippen molar-refractivity contribution in [1.29, 1.82) is 0 Å². The Kier molecular flexibility index (Phi) is 4.92. The van der Waals surface area contributed by atoms with Crippen LogP contribution in [0.4, 0.5) is 8.78 Å². The zero-order chi connectivity index (χ0) is 16.3. The fourth-order valence-electron chi connectivity index (χ4n) is 2.20. The number of aliphatic hydroxyl groups is 1. The number of hydrogen-bond acceptors (Lipinski definition) is 3. The van der Waals surface area contributed by atoms with Crippen LogP contribution in [0.2, 0.25) is 0 Å². The second kappa shape index (κ2) is 6.70. The Hall–Kier alpha value is -2.21. The third-order valence-electron chi connectivity index (χ3n) is 3.32. The first kappa shape index (κ1) is 16.2. The second-order valence-corrected chi connectivity index (χ2v) is 5.06. The summed E-state index contributed by atoms with van der Waals surface area (Å²) in [5, 5.41) is 12.6. The molecule has 0 bridgehead atoms. The monoisotopic (exact) mass is 309 g/mol. The number of halogens is 2. The first-order chi connectivity index (χ1) is 10.4. The minimum Gasteiger partial charge on any atom is -0.466 e. The standard InChI is InChI=1S/C16H17F2NO3/c1-9-7-12(10(2)22-9)15(20)5-6-19-16(21)11-3-4-13(17)14(18)8-11/h3-4,7-8,15,20H,5-6H2,1-2H3,(H,19,21)/t15-/m0/s1. The predicted octanol–water partition coefficient (Wildman–Crippen LogP) is 3.03. The van der Waals surface area contributed by atoms with Crippen LogP contribution in [-0.2, 0) is 0 Å². The molecule has 118 valence electrons. The molecule has 1 amide bonds. The molecule has 0 aliphatic carbocycles. The van der Waals surface area contributed by atoms with Crippen molar-refractivity contribution in [2.45, 2.75) is 26.4 Å². The summed E-state index contributed by atoms with van der Waals surface area (Å²) in [4.78, 5) is 11.8. The van der Waals surface area contributed by atoms with Gasteiger partial charge in [0.2, 0.25) is 0 Å². The summed E-state index contributed by atoms with van der Waals surface area (Å²) in [7, 11) is 0. The van der Waals surface area contributed by atoms with Gasteiger partial charge in [0.25, 0.3) is 5.91 Å². The number of aliphatic hydroxyl groups excluding tert-OH is 1. The van der Waals surface area contributed by atoms with Gasteiger partial charge in [-0.25, -0.2) is 8.78 Å². The Bertz CT molecular complexity index is 682. The number of hydrogen-bond donors (Lipinski definition) is 2. The van der Waals surface area contributed by atoms with Crippen LogP contribution in [0.1, 0.15) is 40.0 Å². The van der Waals surface area contributed by atoms with Crippen molar-refractivity contribution in [2.24, 2.45) is 0 Å². The molecule has 0 saturated heterocycles. The lowest BCUT2D eigenvalue weighted by Gasteiger charge is -2.10. The summed E-state index contributed by atoms with van der Waals surface area (Å²) in [6, 6.07) is 4.69. The lowest BCUT2D eigenvalue weighted by molar-refractivity contribution is 0.0942. The molecule has 0 aliphatic rings. The molecule has 1 atom stereocenters. The van der Waals surface area contributed by atoms with Crippen LogP contribution in [0.3, 0.4) is 0 Å². The molecule has 0 fully saturated rings. The highest BCUT2D eigenvalue weighted by Crippen LogP contribution is 2.23. The summed E-state index contributed by atoms with van der Waals surface area (Å²) in [6.45, 7) is 3.74. The molecule has 0 radical (unpaired) electrons. The highest BCUT2D eigenvalue weighted by Gasteiger charge is 2.15. The molecule has 4 nitrogen and oxygen atoms in total. The number of carbonyl (C=O) groups is 1. The predicted molar refractivity (Wildman–Crippen MR) is 76.5 cm³/mol. The van der Waals surface area contributed by atoms with Crippen LogP contribution >= 0.6 is 0 Å². The van der Waals surface area contributed by atoms with Crippen LogP contribution in [0, 0.1) is 25.5 Å². The second-order valence-electron chi connectivity index (χ2n) is 5.06. The van der Waals surface area contributed by atoms with Gasteiger partial charge in [0.1, 0.15) is 11.5 Å². The molecule has 1 aromatic carbocycles. The Morgan fingerprint density at radius 1 is 1.27 bits per heavy atom. The Labute approximate surface area is 126 Å². The van der Waals surface area contributed by atoms with Crippen molar-refractivity contribution in [3.8, 4) is 0 Å². The lowest BCUT2D eigenvalue weighted by Crippen LogP contribution is -2.25. The average molecular weight is 309 g/mol. The van der Waals surface area contributed by atoms with Gasteiger partial charge in [0, 0.05) is 17.7 Å².